The fraction of sp³-hybridized carbons (Fsp3) is 0.444. The Morgan fingerprint density at radius 2 is 1.73 bits per heavy atom. The van der Waals surface area contributed by atoms with Crippen molar-refractivity contribution in [2.75, 3.05) is 58.5 Å². The van der Waals surface area contributed by atoms with Crippen LogP contribution in [0.15, 0.2) is 53.6 Å². The Morgan fingerprint density at radius 3 is 2.40 bits per heavy atom. The van der Waals surface area contributed by atoms with Crippen molar-refractivity contribution in [1.29, 1.82) is 0 Å². The summed E-state index contributed by atoms with van der Waals surface area (Å²) in [6.07, 6.45) is 1.05. The molecule has 256 valence electrons. The van der Waals surface area contributed by atoms with Gasteiger partial charge in [0.05, 0.1) is 38.2 Å². The number of amides is 3. The van der Waals surface area contributed by atoms with Gasteiger partial charge in [0.15, 0.2) is 11.5 Å². The molecule has 0 unspecified atom stereocenters. The van der Waals surface area contributed by atoms with Crippen LogP contribution < -0.4 is 25.5 Å². The van der Waals surface area contributed by atoms with Gasteiger partial charge in [0.25, 0.3) is 11.8 Å². The Labute approximate surface area is 281 Å². The third-order valence-corrected chi connectivity index (χ3v) is 8.22. The predicted octanol–water partition coefficient (Wildman–Crippen LogP) is 4.84. The van der Waals surface area contributed by atoms with Crippen LogP contribution in [0.1, 0.15) is 62.0 Å². The number of anilines is 1. The first-order valence-electron chi connectivity index (χ1n) is 16.4. The summed E-state index contributed by atoms with van der Waals surface area (Å²) in [7, 11) is 1.46. The number of fused-ring (bicyclic) bond motifs is 1. The molecule has 3 N–H and O–H groups in total. The molecule has 1 saturated carbocycles. The Kier molecular flexibility index (Phi) is 11.2. The van der Waals surface area contributed by atoms with Gasteiger partial charge >= 0.3 is 6.09 Å². The molecule has 12 heteroatoms. The average molecular weight is 660 g/mol. The van der Waals surface area contributed by atoms with E-state index in [1.54, 1.807) is 31.2 Å². The van der Waals surface area contributed by atoms with Gasteiger partial charge in [0.2, 0.25) is 0 Å². The molecule has 1 saturated heterocycles. The summed E-state index contributed by atoms with van der Waals surface area (Å²) < 4.78 is 22.4. The molecule has 12 nitrogen and oxygen atoms in total. The minimum Gasteiger partial charge on any atom is -0.494 e. The Bertz CT molecular complexity index is 1670. The van der Waals surface area contributed by atoms with Crippen molar-refractivity contribution >= 4 is 40.1 Å². The van der Waals surface area contributed by atoms with Crippen LogP contribution in [-0.4, -0.2) is 87.7 Å². The minimum absolute atomic E-state index is 0.0775. The number of carbonyl (C=O) groups excluding carboxylic acids is 3. The lowest BCUT2D eigenvalue weighted by Crippen LogP contribution is -2.38. The van der Waals surface area contributed by atoms with E-state index in [1.807, 2.05) is 45.0 Å². The Balaban J connectivity index is 1.50. The van der Waals surface area contributed by atoms with Crippen LogP contribution in [0.2, 0.25) is 0 Å². The number of rotatable bonds is 12. The maximum Gasteiger partial charge on any atom is 0.427 e. The van der Waals surface area contributed by atoms with Gasteiger partial charge in [-0.2, -0.15) is 5.10 Å². The predicted molar refractivity (Wildman–Crippen MR) is 184 cm³/mol. The van der Waals surface area contributed by atoms with Gasteiger partial charge in [-0.15, -0.1) is 0 Å². The molecule has 3 amide bonds. The van der Waals surface area contributed by atoms with Crippen LogP contribution >= 0.6 is 0 Å². The van der Waals surface area contributed by atoms with Crippen LogP contribution in [0.5, 0.6) is 11.5 Å². The van der Waals surface area contributed by atoms with Gasteiger partial charge in [-0.25, -0.2) is 10.2 Å². The number of hydrogen-bond acceptors (Lipinski definition) is 9. The van der Waals surface area contributed by atoms with E-state index in [0.717, 1.165) is 43.4 Å². The number of benzene rings is 3. The van der Waals surface area contributed by atoms with Crippen LogP contribution in [0.4, 0.5) is 10.5 Å². The van der Waals surface area contributed by atoms with Crippen LogP contribution in [0.25, 0.3) is 10.8 Å². The molecule has 0 spiro atoms. The smallest absolute Gasteiger partial charge is 0.427 e. The largest absolute Gasteiger partial charge is 0.494 e. The molecule has 2 aliphatic rings. The normalized spacial score (nSPS) is 15.5. The summed E-state index contributed by atoms with van der Waals surface area (Å²) in [5, 5.41) is 11.7. The molecule has 1 aliphatic heterocycles. The van der Waals surface area contributed by atoms with E-state index in [2.05, 4.69) is 26.1 Å². The van der Waals surface area contributed by atoms with E-state index in [1.165, 1.54) is 7.11 Å². The number of ether oxygens (including phenoxy) is 4. The summed E-state index contributed by atoms with van der Waals surface area (Å²) in [6.45, 7) is 12.3. The topological polar surface area (TPSA) is 140 Å². The molecule has 1 heterocycles. The maximum atomic E-state index is 14.2. The van der Waals surface area contributed by atoms with Crippen molar-refractivity contribution in [2.45, 2.75) is 52.0 Å². The molecular weight excluding hydrogens is 614 g/mol. The molecule has 0 bridgehead atoms. The quantitative estimate of drug-likeness (QED) is 0.186. The summed E-state index contributed by atoms with van der Waals surface area (Å²) in [6, 6.07) is 14.8. The van der Waals surface area contributed by atoms with E-state index in [0.29, 0.717) is 47.8 Å². The van der Waals surface area contributed by atoms with E-state index >= 15 is 0 Å². The zero-order chi connectivity index (χ0) is 34.3. The third kappa shape index (κ3) is 8.61. The van der Waals surface area contributed by atoms with Crippen LogP contribution in [0, 0.1) is 0 Å². The zero-order valence-corrected chi connectivity index (χ0v) is 28.3. The Morgan fingerprint density at radius 1 is 1.00 bits per heavy atom. The molecule has 3 aromatic carbocycles. The number of hydrazone groups is 1. The number of hydrogen-bond donors (Lipinski definition) is 3. The van der Waals surface area contributed by atoms with Gasteiger partial charge in [-0.3, -0.25) is 14.5 Å². The molecule has 0 atom stereocenters. The van der Waals surface area contributed by atoms with Crippen molar-refractivity contribution in [3.05, 3.63) is 65.2 Å². The first-order valence-corrected chi connectivity index (χ1v) is 16.4. The fourth-order valence-corrected chi connectivity index (χ4v) is 5.43. The molecule has 0 aromatic heterocycles. The molecule has 5 rings (SSSR count). The van der Waals surface area contributed by atoms with E-state index in [-0.39, 0.29) is 35.4 Å². The molecular formula is C36H45N5O7. The van der Waals surface area contributed by atoms with Crippen LogP contribution in [-0.2, 0) is 19.7 Å². The number of methoxy groups -OCH3 is 1. The summed E-state index contributed by atoms with van der Waals surface area (Å²) in [5.74, 6) is -0.0208. The van der Waals surface area contributed by atoms with Crippen molar-refractivity contribution in [2.24, 2.45) is 5.10 Å². The highest BCUT2D eigenvalue weighted by molar-refractivity contribution is 6.50. The van der Waals surface area contributed by atoms with Gasteiger partial charge in [-0.05, 0) is 60.4 Å². The lowest BCUT2D eigenvalue weighted by molar-refractivity contribution is -0.110. The van der Waals surface area contributed by atoms with Gasteiger partial charge in [0, 0.05) is 36.6 Å². The SMILES string of the molecule is CCOC(=O)N/N=C(/C(=O)Nc1cc(C(C)(C)C)cc(C(=O)NC2CC2)c1OC)c1ccc(OCCN2CCOCC2)c2ccccc12. The monoisotopic (exact) mass is 659 g/mol. The van der Waals surface area contributed by atoms with Gasteiger partial charge in [0.1, 0.15) is 12.4 Å². The summed E-state index contributed by atoms with van der Waals surface area (Å²) in [5.41, 5.74) is 3.82. The lowest BCUT2D eigenvalue weighted by atomic mass is 9.85. The minimum atomic E-state index is -0.804. The van der Waals surface area contributed by atoms with E-state index in [9.17, 15) is 14.4 Å². The molecule has 3 aromatic rings. The standard InChI is InChI=1S/C36H45N5O7/c1-6-47-35(44)40-39-31(27-13-14-30(26-10-8-7-9-25(26)27)48-20-17-41-15-18-46-19-16-41)34(43)38-29-22-23(36(2,3)4)21-28(32(29)45-5)33(42)37-24-11-12-24/h7-10,13-14,21-22,24H,6,11-12,15-20H2,1-5H3,(H,37,42)(H,38,43)(H,40,44)/b39-31+. The second-order valence-corrected chi connectivity index (χ2v) is 12.8. The van der Waals surface area contributed by atoms with Gasteiger partial charge in [-0.1, -0.05) is 45.0 Å². The first kappa shape index (κ1) is 34.6. The highest BCUT2D eigenvalue weighted by Gasteiger charge is 2.29. The summed E-state index contributed by atoms with van der Waals surface area (Å²) in [4.78, 5) is 42.2. The second kappa shape index (κ2) is 15.5. The Hall–Kier alpha value is -4.68. The average Bonchev–Trinajstić information content (AvgIpc) is 3.89. The van der Waals surface area contributed by atoms with Crippen molar-refractivity contribution < 1.29 is 33.3 Å². The molecule has 48 heavy (non-hydrogen) atoms. The van der Waals surface area contributed by atoms with E-state index < -0.39 is 12.0 Å². The molecule has 2 fully saturated rings. The number of carbonyl (C=O) groups is 3. The number of nitrogens with zero attached hydrogens (tertiary/aromatic N) is 2. The number of nitrogens with one attached hydrogen (secondary N) is 3. The highest BCUT2D eigenvalue weighted by atomic mass is 16.5. The summed E-state index contributed by atoms with van der Waals surface area (Å²) >= 11 is 0. The highest BCUT2D eigenvalue weighted by Crippen LogP contribution is 2.36. The van der Waals surface area contributed by atoms with E-state index in [4.69, 9.17) is 18.9 Å². The molecule has 1 aliphatic carbocycles. The maximum absolute atomic E-state index is 14.2. The van der Waals surface area contributed by atoms with Crippen molar-refractivity contribution in [3.8, 4) is 11.5 Å². The first-order chi connectivity index (χ1) is 23.1. The zero-order valence-electron chi connectivity index (χ0n) is 28.3. The third-order valence-electron chi connectivity index (χ3n) is 8.22. The lowest BCUT2D eigenvalue weighted by Gasteiger charge is -2.26. The number of morpholine rings is 1. The van der Waals surface area contributed by atoms with Crippen LogP contribution in [0.3, 0.4) is 0 Å². The second-order valence-electron chi connectivity index (χ2n) is 12.8. The molecule has 0 radical (unpaired) electrons. The van der Waals surface area contributed by atoms with Crippen molar-refractivity contribution in [1.82, 2.24) is 15.6 Å². The fourth-order valence-electron chi connectivity index (χ4n) is 5.43. The van der Waals surface area contributed by atoms with Crippen molar-refractivity contribution in [3.63, 3.8) is 0 Å². The van der Waals surface area contributed by atoms with Gasteiger partial charge < -0.3 is 29.6 Å².